The number of hydrogen-bond donors (Lipinski definition) is 0. The first-order valence-corrected chi connectivity index (χ1v) is 9.55. The summed E-state index contributed by atoms with van der Waals surface area (Å²) in [7, 11) is 1.60. The predicted octanol–water partition coefficient (Wildman–Crippen LogP) is 2.79. The Morgan fingerprint density at radius 1 is 1.08 bits per heavy atom. The highest BCUT2D eigenvalue weighted by atomic mass is 79.9. The standard InChI is InChI=1S/C19H20BrN3O3/c1-26-15-8-6-14(7-9-15)13-23-18(24)16-5-4-11-21-17(16)22(19(23)25)12-3-2-10-20/h4-9,11H,2-3,10,12-13H2,1H3. The van der Waals surface area contributed by atoms with Crippen LogP contribution < -0.4 is 16.0 Å². The van der Waals surface area contributed by atoms with Crippen LogP contribution in [-0.2, 0) is 13.1 Å². The average Bonchev–Trinajstić information content (AvgIpc) is 2.68. The molecule has 0 atom stereocenters. The number of methoxy groups -OCH3 is 1. The van der Waals surface area contributed by atoms with Crippen LogP contribution in [0.3, 0.4) is 0 Å². The maximum absolute atomic E-state index is 13.0. The normalized spacial score (nSPS) is 11.0. The molecule has 0 aliphatic heterocycles. The number of nitrogens with zero attached hydrogens (tertiary/aromatic N) is 3. The first-order chi connectivity index (χ1) is 12.7. The average molecular weight is 418 g/mol. The number of rotatable bonds is 7. The van der Waals surface area contributed by atoms with Gasteiger partial charge in [-0.2, -0.15) is 0 Å². The van der Waals surface area contributed by atoms with Crippen molar-refractivity contribution >= 4 is 27.0 Å². The quantitative estimate of drug-likeness (QED) is 0.437. The van der Waals surface area contributed by atoms with E-state index >= 15 is 0 Å². The Morgan fingerprint density at radius 2 is 1.85 bits per heavy atom. The Hall–Kier alpha value is -2.41. The Bertz CT molecular complexity index is 1010. The molecule has 1 aromatic carbocycles. The van der Waals surface area contributed by atoms with Gasteiger partial charge in [0.15, 0.2) is 0 Å². The van der Waals surface area contributed by atoms with Crippen molar-refractivity contribution in [1.29, 1.82) is 0 Å². The van der Waals surface area contributed by atoms with Gasteiger partial charge in [-0.25, -0.2) is 9.78 Å². The van der Waals surface area contributed by atoms with Gasteiger partial charge in [0.05, 0.1) is 19.0 Å². The van der Waals surface area contributed by atoms with Crippen LogP contribution in [0, 0.1) is 0 Å². The van der Waals surface area contributed by atoms with Crippen molar-refractivity contribution in [2.75, 3.05) is 12.4 Å². The lowest BCUT2D eigenvalue weighted by atomic mass is 10.2. The van der Waals surface area contributed by atoms with Gasteiger partial charge in [-0.15, -0.1) is 0 Å². The Kier molecular flexibility index (Phi) is 5.88. The van der Waals surface area contributed by atoms with Crippen LogP contribution >= 0.6 is 15.9 Å². The van der Waals surface area contributed by atoms with Gasteiger partial charge in [-0.05, 0) is 42.7 Å². The number of benzene rings is 1. The van der Waals surface area contributed by atoms with E-state index in [9.17, 15) is 9.59 Å². The summed E-state index contributed by atoms with van der Waals surface area (Å²) in [5.74, 6) is 0.732. The molecule has 6 nitrogen and oxygen atoms in total. The van der Waals surface area contributed by atoms with E-state index in [2.05, 4.69) is 20.9 Å². The third-order valence-electron chi connectivity index (χ3n) is 4.24. The van der Waals surface area contributed by atoms with Gasteiger partial charge in [0.1, 0.15) is 11.4 Å². The zero-order chi connectivity index (χ0) is 18.5. The van der Waals surface area contributed by atoms with E-state index < -0.39 is 0 Å². The molecule has 0 fully saturated rings. The molecule has 0 radical (unpaired) electrons. The summed E-state index contributed by atoms with van der Waals surface area (Å²) in [5, 5.41) is 1.33. The van der Waals surface area contributed by atoms with E-state index in [0.29, 0.717) is 17.6 Å². The number of aryl methyl sites for hydroxylation is 1. The summed E-state index contributed by atoms with van der Waals surface area (Å²) < 4.78 is 8.03. The minimum Gasteiger partial charge on any atom is -0.497 e. The molecule has 0 aliphatic rings. The number of halogens is 1. The van der Waals surface area contributed by atoms with E-state index in [4.69, 9.17) is 4.74 Å². The van der Waals surface area contributed by atoms with Crippen LogP contribution in [0.5, 0.6) is 5.75 Å². The van der Waals surface area contributed by atoms with Crippen molar-refractivity contribution in [3.63, 3.8) is 0 Å². The summed E-state index contributed by atoms with van der Waals surface area (Å²) in [6, 6.07) is 10.8. The first-order valence-electron chi connectivity index (χ1n) is 8.43. The fraction of sp³-hybridized carbons (Fsp3) is 0.316. The summed E-state index contributed by atoms with van der Waals surface area (Å²) in [4.78, 5) is 30.1. The van der Waals surface area contributed by atoms with E-state index in [1.165, 1.54) is 4.57 Å². The van der Waals surface area contributed by atoms with E-state index in [1.807, 2.05) is 24.3 Å². The molecule has 0 saturated heterocycles. The van der Waals surface area contributed by atoms with Gasteiger partial charge < -0.3 is 4.74 Å². The van der Waals surface area contributed by atoms with Gasteiger partial charge >= 0.3 is 5.69 Å². The number of pyridine rings is 1. The second-order valence-electron chi connectivity index (χ2n) is 5.94. The lowest BCUT2D eigenvalue weighted by Crippen LogP contribution is -2.40. The van der Waals surface area contributed by atoms with Crippen molar-refractivity contribution < 1.29 is 4.74 Å². The number of fused-ring (bicyclic) bond motifs is 1. The van der Waals surface area contributed by atoms with Crippen LogP contribution in [0.4, 0.5) is 0 Å². The van der Waals surface area contributed by atoms with E-state index in [1.54, 1.807) is 30.0 Å². The lowest BCUT2D eigenvalue weighted by molar-refractivity contribution is 0.414. The first kappa shape index (κ1) is 18.4. The molecule has 2 heterocycles. The summed E-state index contributed by atoms with van der Waals surface area (Å²) in [5.41, 5.74) is 0.667. The molecule has 136 valence electrons. The summed E-state index contributed by atoms with van der Waals surface area (Å²) in [6.45, 7) is 0.742. The third-order valence-corrected chi connectivity index (χ3v) is 4.81. The fourth-order valence-corrected chi connectivity index (χ4v) is 3.26. The van der Waals surface area contributed by atoms with Crippen molar-refractivity contribution in [3.05, 3.63) is 69.0 Å². The molecular weight excluding hydrogens is 398 g/mol. The third kappa shape index (κ3) is 3.72. The Balaban J connectivity index is 2.08. The van der Waals surface area contributed by atoms with E-state index in [0.717, 1.165) is 29.5 Å². The molecule has 3 rings (SSSR count). The van der Waals surface area contributed by atoms with Crippen LogP contribution in [0.25, 0.3) is 11.0 Å². The van der Waals surface area contributed by atoms with Crippen molar-refractivity contribution in [2.24, 2.45) is 0 Å². The second-order valence-corrected chi connectivity index (χ2v) is 6.74. The summed E-state index contributed by atoms with van der Waals surface area (Å²) >= 11 is 3.40. The Labute approximate surface area is 159 Å². The van der Waals surface area contributed by atoms with Crippen LogP contribution in [-0.4, -0.2) is 26.6 Å². The molecule has 0 aliphatic carbocycles. The van der Waals surface area contributed by atoms with E-state index in [-0.39, 0.29) is 17.8 Å². The van der Waals surface area contributed by atoms with Gasteiger partial charge in [0.2, 0.25) is 0 Å². The minimum atomic E-state index is -0.327. The molecule has 0 saturated carbocycles. The highest BCUT2D eigenvalue weighted by Gasteiger charge is 2.14. The lowest BCUT2D eigenvalue weighted by Gasteiger charge is -2.13. The van der Waals surface area contributed by atoms with Crippen LogP contribution in [0.15, 0.2) is 52.2 Å². The topological polar surface area (TPSA) is 66.1 Å². The molecule has 0 N–H and O–H groups in total. The molecule has 2 aromatic heterocycles. The number of hydrogen-bond acceptors (Lipinski definition) is 4. The molecule has 26 heavy (non-hydrogen) atoms. The van der Waals surface area contributed by atoms with Gasteiger partial charge in [-0.3, -0.25) is 13.9 Å². The van der Waals surface area contributed by atoms with Crippen molar-refractivity contribution in [2.45, 2.75) is 25.9 Å². The van der Waals surface area contributed by atoms with Crippen molar-refractivity contribution in [3.8, 4) is 5.75 Å². The predicted molar refractivity (Wildman–Crippen MR) is 105 cm³/mol. The summed E-state index contributed by atoms with van der Waals surface area (Å²) in [6.07, 6.45) is 3.38. The van der Waals surface area contributed by atoms with Gasteiger partial charge in [0.25, 0.3) is 5.56 Å². The maximum atomic E-state index is 13.0. The Morgan fingerprint density at radius 3 is 2.54 bits per heavy atom. The maximum Gasteiger partial charge on any atom is 0.332 e. The molecule has 0 bridgehead atoms. The van der Waals surface area contributed by atoms with Gasteiger partial charge in [-0.1, -0.05) is 28.1 Å². The molecule has 7 heteroatoms. The van der Waals surface area contributed by atoms with Crippen molar-refractivity contribution in [1.82, 2.24) is 14.1 Å². The molecule has 3 aromatic rings. The van der Waals surface area contributed by atoms with Crippen LogP contribution in [0.2, 0.25) is 0 Å². The SMILES string of the molecule is COc1ccc(Cn2c(=O)c3cccnc3n(CCCCBr)c2=O)cc1. The number of alkyl halides is 1. The monoisotopic (exact) mass is 417 g/mol. The minimum absolute atomic E-state index is 0.213. The van der Waals surface area contributed by atoms with Crippen LogP contribution in [0.1, 0.15) is 18.4 Å². The number of aromatic nitrogens is 3. The number of unbranched alkanes of at least 4 members (excludes halogenated alkanes) is 1. The second kappa shape index (κ2) is 8.31. The largest absolute Gasteiger partial charge is 0.497 e. The molecule has 0 spiro atoms. The number of ether oxygens (including phenoxy) is 1. The highest BCUT2D eigenvalue weighted by Crippen LogP contribution is 2.12. The molecular formula is C19H20BrN3O3. The van der Waals surface area contributed by atoms with Gasteiger partial charge in [0, 0.05) is 18.1 Å². The molecule has 0 unspecified atom stereocenters. The zero-order valence-electron chi connectivity index (χ0n) is 14.5. The smallest absolute Gasteiger partial charge is 0.332 e. The highest BCUT2D eigenvalue weighted by molar-refractivity contribution is 9.09. The fourth-order valence-electron chi connectivity index (χ4n) is 2.87. The zero-order valence-corrected chi connectivity index (χ0v) is 16.1. The molecule has 0 amide bonds.